The van der Waals surface area contributed by atoms with Crippen LogP contribution in [0.1, 0.15) is 51.9 Å². The van der Waals surface area contributed by atoms with Crippen LogP contribution < -0.4 is 17.2 Å². The van der Waals surface area contributed by atoms with Gasteiger partial charge in [-0.15, -0.1) is 0 Å². The zero-order valence-corrected chi connectivity index (χ0v) is 9.34. The van der Waals surface area contributed by atoms with E-state index < -0.39 is 0 Å². The molecule has 0 radical (unpaired) electrons. The van der Waals surface area contributed by atoms with Gasteiger partial charge in [-0.2, -0.15) is 0 Å². The van der Waals surface area contributed by atoms with Crippen LogP contribution in [0, 0.1) is 0 Å². The number of nitrogens with two attached hydrogens (primary N) is 3. The van der Waals surface area contributed by atoms with Crippen LogP contribution in [0.3, 0.4) is 0 Å². The molecule has 3 heteroatoms. The molecule has 3 atom stereocenters. The Kier molecular flexibility index (Phi) is 4.35. The van der Waals surface area contributed by atoms with Crippen molar-refractivity contribution in [2.24, 2.45) is 17.2 Å². The van der Waals surface area contributed by atoms with Gasteiger partial charge in [-0.3, -0.25) is 0 Å². The highest BCUT2D eigenvalue weighted by atomic mass is 14.8. The number of hydrogen-bond donors (Lipinski definition) is 3. The van der Waals surface area contributed by atoms with Crippen LogP contribution in [0.25, 0.3) is 0 Å². The van der Waals surface area contributed by atoms with Crippen LogP contribution in [0.4, 0.5) is 0 Å². The Morgan fingerprint density at radius 2 is 1.79 bits per heavy atom. The van der Waals surface area contributed by atoms with E-state index in [0.717, 1.165) is 25.7 Å². The minimum absolute atomic E-state index is 0.0868. The Morgan fingerprint density at radius 1 is 1.07 bits per heavy atom. The smallest absolute Gasteiger partial charge is 0.0140 e. The predicted molar refractivity (Wildman–Crippen MR) is 60.9 cm³/mol. The van der Waals surface area contributed by atoms with Crippen LogP contribution in [0.2, 0.25) is 0 Å². The largest absolute Gasteiger partial charge is 0.328 e. The van der Waals surface area contributed by atoms with Gasteiger partial charge in [0.25, 0.3) is 0 Å². The van der Waals surface area contributed by atoms with E-state index in [1.165, 1.54) is 19.3 Å². The molecule has 0 amide bonds. The molecule has 6 N–H and O–H groups in total. The minimum atomic E-state index is -0.0868. The molecule has 0 spiro atoms. The monoisotopic (exact) mass is 199 g/mol. The topological polar surface area (TPSA) is 78.1 Å². The summed E-state index contributed by atoms with van der Waals surface area (Å²) in [6, 6.07) is 0.456. The normalized spacial score (nSPS) is 42.0. The van der Waals surface area contributed by atoms with Crippen molar-refractivity contribution in [3.63, 3.8) is 0 Å². The van der Waals surface area contributed by atoms with E-state index in [-0.39, 0.29) is 17.6 Å². The van der Waals surface area contributed by atoms with Crippen LogP contribution in [-0.2, 0) is 0 Å². The molecule has 3 nitrogen and oxygen atoms in total. The first kappa shape index (κ1) is 12.0. The standard InChI is InChI=1S/C11H25N3/c1-11(14)6-4-2-3-5-9(12)7-10(13)8-11/h9-10H,2-8,12-14H2,1H3/t9-,10-,11-/m0/s1. The van der Waals surface area contributed by atoms with Gasteiger partial charge >= 0.3 is 0 Å². The summed E-state index contributed by atoms with van der Waals surface area (Å²) < 4.78 is 0. The molecule has 14 heavy (non-hydrogen) atoms. The molecule has 0 aromatic rings. The van der Waals surface area contributed by atoms with Crippen LogP contribution in [-0.4, -0.2) is 17.6 Å². The van der Waals surface area contributed by atoms with E-state index in [1.807, 2.05) is 0 Å². The highest BCUT2D eigenvalue weighted by molar-refractivity contribution is 4.86. The van der Waals surface area contributed by atoms with Crippen molar-refractivity contribution in [2.75, 3.05) is 0 Å². The molecule has 0 aliphatic heterocycles. The highest BCUT2D eigenvalue weighted by Gasteiger charge is 2.23. The third kappa shape index (κ3) is 4.40. The van der Waals surface area contributed by atoms with Crippen molar-refractivity contribution in [2.45, 2.75) is 69.5 Å². The molecule has 0 aromatic carbocycles. The van der Waals surface area contributed by atoms with Crippen molar-refractivity contribution < 1.29 is 0 Å². The van der Waals surface area contributed by atoms with E-state index in [1.54, 1.807) is 0 Å². The Balaban J connectivity index is 2.48. The fourth-order valence-electron chi connectivity index (χ4n) is 2.40. The second-order valence-corrected chi connectivity index (χ2v) is 5.21. The maximum Gasteiger partial charge on any atom is 0.0140 e. The molecule has 1 rings (SSSR count). The van der Waals surface area contributed by atoms with Gasteiger partial charge in [0.05, 0.1) is 0 Å². The van der Waals surface area contributed by atoms with Gasteiger partial charge in [-0.25, -0.2) is 0 Å². The summed E-state index contributed by atoms with van der Waals surface area (Å²) >= 11 is 0. The van der Waals surface area contributed by atoms with Crippen LogP contribution in [0.5, 0.6) is 0 Å². The van der Waals surface area contributed by atoms with Gasteiger partial charge in [0.2, 0.25) is 0 Å². The Bertz CT molecular complexity index is 168. The summed E-state index contributed by atoms with van der Waals surface area (Å²) in [4.78, 5) is 0. The summed E-state index contributed by atoms with van der Waals surface area (Å²) in [5, 5.41) is 0. The van der Waals surface area contributed by atoms with Gasteiger partial charge in [-0.05, 0) is 32.6 Å². The lowest BCUT2D eigenvalue weighted by atomic mass is 9.84. The molecule has 0 aromatic heterocycles. The second-order valence-electron chi connectivity index (χ2n) is 5.21. The lowest BCUT2D eigenvalue weighted by Gasteiger charge is -2.30. The fraction of sp³-hybridized carbons (Fsp3) is 1.00. The molecule has 1 aliphatic carbocycles. The lowest BCUT2D eigenvalue weighted by Crippen LogP contribution is -2.44. The third-order valence-corrected chi connectivity index (χ3v) is 3.16. The molecule has 0 saturated heterocycles. The van der Waals surface area contributed by atoms with E-state index in [0.29, 0.717) is 0 Å². The Labute approximate surface area is 87.4 Å². The molecular formula is C11H25N3. The van der Waals surface area contributed by atoms with E-state index >= 15 is 0 Å². The maximum atomic E-state index is 6.18. The Hall–Kier alpha value is -0.120. The average Bonchev–Trinajstić information content (AvgIpc) is 2.00. The van der Waals surface area contributed by atoms with Crippen molar-refractivity contribution in [1.29, 1.82) is 0 Å². The molecule has 0 heterocycles. The molecule has 1 saturated carbocycles. The fourth-order valence-corrected chi connectivity index (χ4v) is 2.40. The SMILES string of the molecule is C[C@]1(N)CCCCC[C@H](N)C[C@H](N)C1. The summed E-state index contributed by atoms with van der Waals surface area (Å²) in [6.07, 6.45) is 7.74. The zero-order chi connectivity index (χ0) is 10.6. The van der Waals surface area contributed by atoms with Crippen molar-refractivity contribution in [1.82, 2.24) is 0 Å². The average molecular weight is 199 g/mol. The van der Waals surface area contributed by atoms with Gasteiger partial charge in [0.1, 0.15) is 0 Å². The molecule has 0 unspecified atom stereocenters. The van der Waals surface area contributed by atoms with Crippen molar-refractivity contribution >= 4 is 0 Å². The lowest BCUT2D eigenvalue weighted by molar-refractivity contribution is 0.317. The Morgan fingerprint density at radius 3 is 2.50 bits per heavy atom. The first-order valence-corrected chi connectivity index (χ1v) is 5.80. The quantitative estimate of drug-likeness (QED) is 0.547. The van der Waals surface area contributed by atoms with Gasteiger partial charge in [-0.1, -0.05) is 19.3 Å². The zero-order valence-electron chi connectivity index (χ0n) is 9.34. The molecule has 84 valence electrons. The highest BCUT2D eigenvalue weighted by Crippen LogP contribution is 2.21. The van der Waals surface area contributed by atoms with Gasteiger partial charge < -0.3 is 17.2 Å². The van der Waals surface area contributed by atoms with Crippen molar-refractivity contribution in [3.8, 4) is 0 Å². The number of rotatable bonds is 0. The summed E-state index contributed by atoms with van der Waals surface area (Å²) in [6.45, 7) is 2.11. The first-order chi connectivity index (χ1) is 6.49. The number of hydrogen-bond acceptors (Lipinski definition) is 3. The summed E-state index contributed by atoms with van der Waals surface area (Å²) in [5.74, 6) is 0. The minimum Gasteiger partial charge on any atom is -0.328 e. The second kappa shape index (κ2) is 5.10. The van der Waals surface area contributed by atoms with Crippen molar-refractivity contribution in [3.05, 3.63) is 0 Å². The van der Waals surface area contributed by atoms with E-state index in [2.05, 4.69) is 6.92 Å². The van der Waals surface area contributed by atoms with Crippen LogP contribution >= 0.6 is 0 Å². The van der Waals surface area contributed by atoms with Crippen LogP contribution in [0.15, 0.2) is 0 Å². The third-order valence-electron chi connectivity index (χ3n) is 3.16. The molecule has 0 bridgehead atoms. The molecular weight excluding hydrogens is 174 g/mol. The van der Waals surface area contributed by atoms with Gasteiger partial charge in [0, 0.05) is 17.6 Å². The maximum absolute atomic E-state index is 6.18. The van der Waals surface area contributed by atoms with Gasteiger partial charge in [0.15, 0.2) is 0 Å². The predicted octanol–water partition coefficient (Wildman–Crippen LogP) is 1.10. The summed E-state index contributed by atoms with van der Waals surface area (Å²) in [5.41, 5.74) is 18.1. The summed E-state index contributed by atoms with van der Waals surface area (Å²) in [7, 11) is 0. The molecule has 1 aliphatic rings. The molecule has 1 fully saturated rings. The van der Waals surface area contributed by atoms with E-state index in [4.69, 9.17) is 17.2 Å². The van der Waals surface area contributed by atoms with E-state index in [9.17, 15) is 0 Å². The first-order valence-electron chi connectivity index (χ1n) is 5.80.